The zero-order valence-electron chi connectivity index (χ0n) is 15.9. The minimum atomic E-state index is -4.65. The van der Waals surface area contributed by atoms with Crippen LogP contribution in [0.1, 0.15) is 41.6 Å². The van der Waals surface area contributed by atoms with E-state index in [1.165, 1.54) is 6.07 Å². The fourth-order valence-corrected chi connectivity index (χ4v) is 3.53. The van der Waals surface area contributed by atoms with E-state index in [-0.39, 0.29) is 27.8 Å². The summed E-state index contributed by atoms with van der Waals surface area (Å²) in [6, 6.07) is 6.16. The molecular formula is C21H17ClF6O3. The van der Waals surface area contributed by atoms with E-state index in [0.717, 1.165) is 43.2 Å². The first-order chi connectivity index (χ1) is 14.4. The molecule has 0 spiro atoms. The van der Waals surface area contributed by atoms with E-state index >= 15 is 0 Å². The number of halogens is 7. The van der Waals surface area contributed by atoms with E-state index in [1.54, 1.807) is 0 Å². The van der Waals surface area contributed by atoms with Gasteiger partial charge in [-0.3, -0.25) is 0 Å². The van der Waals surface area contributed by atoms with Crippen LogP contribution in [0, 0.1) is 0 Å². The molecule has 0 aromatic heterocycles. The number of benzene rings is 2. The minimum absolute atomic E-state index is 0.0495. The van der Waals surface area contributed by atoms with E-state index in [2.05, 4.69) is 0 Å². The van der Waals surface area contributed by atoms with Gasteiger partial charge >= 0.3 is 18.3 Å². The second kappa shape index (κ2) is 8.98. The molecule has 0 N–H and O–H groups in total. The minimum Gasteiger partial charge on any atom is -0.483 e. The first kappa shape index (κ1) is 23.2. The molecule has 1 aliphatic rings. The van der Waals surface area contributed by atoms with Gasteiger partial charge in [-0.05, 0) is 55.5 Å². The van der Waals surface area contributed by atoms with E-state index in [9.17, 15) is 31.1 Å². The summed E-state index contributed by atoms with van der Waals surface area (Å²) in [5, 5.41) is -0.263. The molecule has 3 rings (SSSR count). The molecule has 0 aliphatic heterocycles. The van der Waals surface area contributed by atoms with Gasteiger partial charge in [-0.25, -0.2) is 4.79 Å². The van der Waals surface area contributed by atoms with Crippen molar-refractivity contribution in [1.29, 1.82) is 0 Å². The predicted molar refractivity (Wildman–Crippen MR) is 101 cm³/mol. The number of hydrogen-bond acceptors (Lipinski definition) is 3. The van der Waals surface area contributed by atoms with E-state index < -0.39 is 36.2 Å². The Morgan fingerprint density at radius 3 is 2.16 bits per heavy atom. The molecule has 168 valence electrons. The Hall–Kier alpha value is -2.42. The van der Waals surface area contributed by atoms with Crippen LogP contribution < -0.4 is 4.74 Å². The summed E-state index contributed by atoms with van der Waals surface area (Å²) in [6.45, 7) is -1.65. The highest BCUT2D eigenvalue weighted by Gasteiger charge is 2.31. The zero-order chi connectivity index (χ0) is 22.8. The molecule has 1 aliphatic carbocycles. The largest absolute Gasteiger partial charge is 0.483 e. The fraction of sp³-hybridized carbons (Fsp3) is 0.381. The van der Waals surface area contributed by atoms with Gasteiger partial charge < -0.3 is 9.47 Å². The highest BCUT2D eigenvalue weighted by atomic mass is 35.5. The molecule has 1 fully saturated rings. The predicted octanol–water partition coefficient (Wildman–Crippen LogP) is 7.07. The van der Waals surface area contributed by atoms with Crippen LogP contribution in [0.25, 0.3) is 11.1 Å². The SMILES string of the molecule is O=C(OC1CCCC1)c1cc(OCC(F)(F)F)c(Cl)c(-c2ccc(C(F)(F)F)cc2)c1. The lowest BCUT2D eigenvalue weighted by Crippen LogP contribution is -2.20. The van der Waals surface area contributed by atoms with Gasteiger partial charge in [0.05, 0.1) is 16.1 Å². The van der Waals surface area contributed by atoms with Crippen molar-refractivity contribution >= 4 is 17.6 Å². The molecule has 0 amide bonds. The molecule has 2 aromatic rings. The molecule has 0 unspecified atom stereocenters. The second-order valence-corrected chi connectivity index (χ2v) is 7.50. The summed E-state index contributed by atoms with van der Waals surface area (Å²) >= 11 is 6.18. The van der Waals surface area contributed by atoms with Crippen LogP contribution in [0.2, 0.25) is 5.02 Å². The molecular weight excluding hydrogens is 450 g/mol. The fourth-order valence-electron chi connectivity index (χ4n) is 3.25. The van der Waals surface area contributed by atoms with E-state index in [4.69, 9.17) is 21.1 Å². The first-order valence-corrected chi connectivity index (χ1v) is 9.73. The van der Waals surface area contributed by atoms with Crippen molar-refractivity contribution in [2.24, 2.45) is 0 Å². The lowest BCUT2D eigenvalue weighted by molar-refractivity contribution is -0.153. The van der Waals surface area contributed by atoms with Gasteiger partial charge in [0.25, 0.3) is 0 Å². The van der Waals surface area contributed by atoms with Crippen LogP contribution in [0.5, 0.6) is 5.75 Å². The van der Waals surface area contributed by atoms with Crippen LogP contribution in [0.15, 0.2) is 36.4 Å². The number of alkyl halides is 6. The van der Waals surface area contributed by atoms with Gasteiger partial charge in [0.1, 0.15) is 11.9 Å². The molecule has 1 saturated carbocycles. The molecule has 0 heterocycles. The Bertz CT molecular complexity index is 932. The number of rotatable bonds is 5. The quantitative estimate of drug-likeness (QED) is 0.349. The molecule has 2 aromatic carbocycles. The van der Waals surface area contributed by atoms with Crippen LogP contribution in [-0.2, 0) is 10.9 Å². The molecule has 0 saturated heterocycles. The van der Waals surface area contributed by atoms with Crippen molar-refractivity contribution in [2.45, 2.75) is 44.1 Å². The van der Waals surface area contributed by atoms with Crippen molar-refractivity contribution in [2.75, 3.05) is 6.61 Å². The normalized spacial score (nSPS) is 15.2. The topological polar surface area (TPSA) is 35.5 Å². The van der Waals surface area contributed by atoms with Gasteiger partial charge in [-0.15, -0.1) is 0 Å². The van der Waals surface area contributed by atoms with Crippen molar-refractivity contribution < 1.29 is 40.6 Å². The average molecular weight is 467 g/mol. The van der Waals surface area contributed by atoms with Gasteiger partial charge in [-0.1, -0.05) is 23.7 Å². The molecule has 0 bridgehead atoms. The summed E-state index contributed by atoms with van der Waals surface area (Å²) in [7, 11) is 0. The third-order valence-electron chi connectivity index (χ3n) is 4.77. The molecule has 31 heavy (non-hydrogen) atoms. The first-order valence-electron chi connectivity index (χ1n) is 9.36. The average Bonchev–Trinajstić information content (AvgIpc) is 3.19. The summed E-state index contributed by atoms with van der Waals surface area (Å²) in [4.78, 5) is 12.5. The Balaban J connectivity index is 1.98. The maximum Gasteiger partial charge on any atom is 0.422 e. The summed E-state index contributed by atoms with van der Waals surface area (Å²) < 4.78 is 86.5. The van der Waals surface area contributed by atoms with Crippen molar-refractivity contribution in [3.63, 3.8) is 0 Å². The Morgan fingerprint density at radius 1 is 1.00 bits per heavy atom. The van der Waals surface area contributed by atoms with E-state index in [0.29, 0.717) is 12.8 Å². The Morgan fingerprint density at radius 2 is 1.61 bits per heavy atom. The molecule has 10 heteroatoms. The standard InChI is InChI=1S/C21H17ClF6O3/c22-18-16(12-5-7-14(8-6-12)21(26,27)28)9-13(10-17(18)30-11-20(23,24)25)19(29)31-15-3-1-2-4-15/h5-10,15H,1-4,11H2. The van der Waals surface area contributed by atoms with Crippen LogP contribution in [0.4, 0.5) is 26.3 Å². The third kappa shape index (κ3) is 6.06. The van der Waals surface area contributed by atoms with Crippen LogP contribution in [0.3, 0.4) is 0 Å². The highest BCUT2D eigenvalue weighted by Crippen LogP contribution is 2.39. The maximum absolute atomic E-state index is 12.8. The van der Waals surface area contributed by atoms with Gasteiger partial charge in [0.2, 0.25) is 0 Å². The molecule has 0 radical (unpaired) electrons. The van der Waals surface area contributed by atoms with Crippen LogP contribution in [-0.4, -0.2) is 24.9 Å². The summed E-state index contributed by atoms with van der Waals surface area (Å²) in [5.74, 6) is -1.19. The van der Waals surface area contributed by atoms with Gasteiger partial charge in [-0.2, -0.15) is 26.3 Å². The van der Waals surface area contributed by atoms with Crippen molar-refractivity contribution in [3.05, 3.63) is 52.5 Å². The number of ether oxygens (including phenoxy) is 2. The lowest BCUT2D eigenvalue weighted by Gasteiger charge is -2.17. The van der Waals surface area contributed by atoms with Gasteiger partial charge in [0.15, 0.2) is 6.61 Å². The Kier molecular flexibility index (Phi) is 6.73. The second-order valence-electron chi connectivity index (χ2n) is 7.13. The summed E-state index contributed by atoms with van der Waals surface area (Å²) in [5.41, 5.74) is -0.792. The number of carbonyl (C=O) groups excluding carboxylic acids is 1. The molecule has 0 atom stereocenters. The number of esters is 1. The van der Waals surface area contributed by atoms with Crippen molar-refractivity contribution in [1.82, 2.24) is 0 Å². The monoisotopic (exact) mass is 466 g/mol. The van der Waals surface area contributed by atoms with Gasteiger partial charge in [0, 0.05) is 5.56 Å². The highest BCUT2D eigenvalue weighted by molar-refractivity contribution is 6.35. The smallest absolute Gasteiger partial charge is 0.422 e. The van der Waals surface area contributed by atoms with E-state index in [1.807, 2.05) is 0 Å². The zero-order valence-corrected chi connectivity index (χ0v) is 16.7. The van der Waals surface area contributed by atoms with Crippen molar-refractivity contribution in [3.8, 4) is 16.9 Å². The number of carbonyl (C=O) groups is 1. The van der Waals surface area contributed by atoms with Crippen LogP contribution >= 0.6 is 11.6 Å². The number of hydrogen-bond donors (Lipinski definition) is 0. The lowest BCUT2D eigenvalue weighted by atomic mass is 10.0. The maximum atomic E-state index is 12.8. The third-order valence-corrected chi connectivity index (χ3v) is 5.16. The molecule has 3 nitrogen and oxygen atoms in total. The summed E-state index contributed by atoms with van der Waals surface area (Å²) in [6.07, 6.45) is -6.35. The Labute approximate surface area is 178 Å².